The molecular weight excluding hydrogens is 443 g/mol. The van der Waals surface area contributed by atoms with Crippen molar-refractivity contribution >= 4 is 29.9 Å². The van der Waals surface area contributed by atoms with Crippen LogP contribution in [0.3, 0.4) is 0 Å². The molecule has 0 radical (unpaired) electrons. The van der Waals surface area contributed by atoms with Crippen LogP contribution in [-0.4, -0.2) is 56.3 Å². The highest BCUT2D eigenvalue weighted by Crippen LogP contribution is 2.29. The van der Waals surface area contributed by atoms with E-state index in [1.165, 1.54) is 25.7 Å². The number of aromatic nitrogens is 1. The molecule has 2 aliphatic rings. The Morgan fingerprint density at radius 3 is 2.58 bits per heavy atom. The van der Waals surface area contributed by atoms with E-state index in [1.807, 2.05) is 25.4 Å². The van der Waals surface area contributed by atoms with Gasteiger partial charge in [0, 0.05) is 46.1 Å². The van der Waals surface area contributed by atoms with E-state index in [-0.39, 0.29) is 24.0 Å². The molecule has 0 spiro atoms. The molecule has 0 bridgehead atoms. The van der Waals surface area contributed by atoms with Crippen LogP contribution >= 0.6 is 24.0 Å². The lowest BCUT2D eigenvalue weighted by Gasteiger charge is -2.22. The Bertz CT molecular complexity index is 559. The molecular formula is C19H31IN4O2. The van der Waals surface area contributed by atoms with Crippen molar-refractivity contribution in [1.29, 1.82) is 0 Å². The minimum absolute atomic E-state index is 0. The third kappa shape index (κ3) is 7.65. The quantitative estimate of drug-likeness (QED) is 0.245. The van der Waals surface area contributed by atoms with Crippen LogP contribution < -0.4 is 10.1 Å². The minimum Gasteiger partial charge on any atom is -0.477 e. The fourth-order valence-corrected chi connectivity index (χ4v) is 2.50. The van der Waals surface area contributed by atoms with Crippen LogP contribution in [-0.2, 0) is 11.3 Å². The van der Waals surface area contributed by atoms with Crippen molar-refractivity contribution in [1.82, 2.24) is 15.2 Å². The second-order valence-corrected chi connectivity index (χ2v) is 7.10. The van der Waals surface area contributed by atoms with Crippen LogP contribution in [0, 0.1) is 11.8 Å². The zero-order valence-electron chi connectivity index (χ0n) is 15.8. The van der Waals surface area contributed by atoms with Crippen LogP contribution in [0.1, 0.15) is 31.2 Å². The Morgan fingerprint density at radius 2 is 1.96 bits per heavy atom. The first kappa shape index (κ1) is 21.2. The van der Waals surface area contributed by atoms with Crippen LogP contribution in [0.15, 0.2) is 23.3 Å². The Morgan fingerprint density at radius 1 is 1.23 bits per heavy atom. The lowest BCUT2D eigenvalue weighted by Crippen LogP contribution is -2.40. The van der Waals surface area contributed by atoms with Gasteiger partial charge in [-0.1, -0.05) is 6.07 Å². The summed E-state index contributed by atoms with van der Waals surface area (Å²) in [7, 11) is 3.83. The molecule has 0 atom stereocenters. The van der Waals surface area contributed by atoms with E-state index in [4.69, 9.17) is 9.47 Å². The number of rotatable bonds is 10. The fraction of sp³-hybridized carbons (Fsp3) is 0.684. The Balaban J connectivity index is 0.00000243. The van der Waals surface area contributed by atoms with E-state index in [0.717, 1.165) is 49.7 Å². The van der Waals surface area contributed by atoms with Gasteiger partial charge >= 0.3 is 0 Å². The molecule has 1 aromatic rings. The van der Waals surface area contributed by atoms with Crippen LogP contribution in [0.2, 0.25) is 0 Å². The molecule has 1 heterocycles. The van der Waals surface area contributed by atoms with E-state index in [2.05, 4.69) is 20.2 Å². The maximum Gasteiger partial charge on any atom is 0.213 e. The fourth-order valence-electron chi connectivity index (χ4n) is 2.50. The molecule has 1 aromatic heterocycles. The third-order valence-electron chi connectivity index (χ3n) is 4.61. The molecule has 0 aromatic carbocycles. The van der Waals surface area contributed by atoms with Gasteiger partial charge in [0.05, 0.1) is 13.2 Å². The predicted octanol–water partition coefficient (Wildman–Crippen LogP) is 2.92. The number of guanidine groups is 1. The van der Waals surface area contributed by atoms with Crippen molar-refractivity contribution in [3.63, 3.8) is 0 Å². The molecule has 26 heavy (non-hydrogen) atoms. The van der Waals surface area contributed by atoms with Crippen molar-refractivity contribution < 1.29 is 9.47 Å². The summed E-state index contributed by atoms with van der Waals surface area (Å²) in [6.07, 6.45) is 7.11. The summed E-state index contributed by atoms with van der Waals surface area (Å²) in [5.41, 5.74) is 1.11. The Labute approximate surface area is 173 Å². The van der Waals surface area contributed by atoms with Gasteiger partial charge in [0.15, 0.2) is 5.96 Å². The van der Waals surface area contributed by atoms with Gasteiger partial charge in [0.25, 0.3) is 0 Å². The van der Waals surface area contributed by atoms with Crippen molar-refractivity contribution in [2.75, 3.05) is 40.5 Å². The van der Waals surface area contributed by atoms with Gasteiger partial charge in [-0.05, 0) is 43.1 Å². The van der Waals surface area contributed by atoms with Crippen molar-refractivity contribution in [2.45, 2.75) is 32.2 Å². The zero-order valence-corrected chi connectivity index (χ0v) is 18.1. The average molecular weight is 474 g/mol. The number of hydrogen-bond acceptors (Lipinski definition) is 4. The number of aliphatic imine (C=N–C) groups is 1. The average Bonchev–Trinajstić information content (AvgIpc) is 3.53. The highest BCUT2D eigenvalue weighted by Gasteiger charge is 2.22. The molecule has 2 saturated carbocycles. The van der Waals surface area contributed by atoms with Crippen molar-refractivity contribution in [3.05, 3.63) is 23.9 Å². The first-order chi connectivity index (χ1) is 12.2. The Hall–Kier alpha value is -1.09. The number of likely N-dealkylation sites (N-methyl/N-ethyl adjacent to an activating group) is 1. The first-order valence-corrected chi connectivity index (χ1v) is 9.32. The van der Waals surface area contributed by atoms with Gasteiger partial charge in [-0.25, -0.2) is 4.98 Å². The molecule has 3 rings (SSSR count). The molecule has 0 aliphatic heterocycles. The topological polar surface area (TPSA) is 59.0 Å². The minimum atomic E-state index is 0. The van der Waals surface area contributed by atoms with Gasteiger partial charge in [-0.2, -0.15) is 0 Å². The first-order valence-electron chi connectivity index (χ1n) is 9.32. The molecule has 146 valence electrons. The van der Waals surface area contributed by atoms with Crippen LogP contribution in [0.5, 0.6) is 5.88 Å². The van der Waals surface area contributed by atoms with Gasteiger partial charge in [-0.15, -0.1) is 24.0 Å². The Kier molecular flexibility index (Phi) is 8.90. The second kappa shape index (κ2) is 10.9. The summed E-state index contributed by atoms with van der Waals surface area (Å²) in [5.74, 6) is 3.13. The smallest absolute Gasteiger partial charge is 0.213 e. The van der Waals surface area contributed by atoms with E-state index < -0.39 is 0 Å². The van der Waals surface area contributed by atoms with E-state index in [9.17, 15) is 0 Å². The van der Waals surface area contributed by atoms with Crippen molar-refractivity contribution in [3.8, 4) is 5.88 Å². The number of ether oxygens (including phenoxy) is 2. The van der Waals surface area contributed by atoms with Gasteiger partial charge in [0.1, 0.15) is 0 Å². The molecule has 2 fully saturated rings. The van der Waals surface area contributed by atoms with Gasteiger partial charge < -0.3 is 19.7 Å². The molecule has 0 saturated heterocycles. The highest BCUT2D eigenvalue weighted by atomic mass is 127. The second-order valence-electron chi connectivity index (χ2n) is 7.10. The summed E-state index contributed by atoms with van der Waals surface area (Å²) >= 11 is 0. The van der Waals surface area contributed by atoms with Gasteiger partial charge in [0.2, 0.25) is 5.88 Å². The molecule has 7 heteroatoms. The summed E-state index contributed by atoms with van der Waals surface area (Å²) in [6, 6.07) is 3.99. The molecule has 2 aliphatic carbocycles. The summed E-state index contributed by atoms with van der Waals surface area (Å²) in [6.45, 7) is 3.96. The SMILES string of the molecule is CN=C(NCc1ccc(OCC2CC2)nc1)N(C)CCOCC1CC1.I. The monoisotopic (exact) mass is 474 g/mol. The van der Waals surface area contributed by atoms with E-state index in [1.54, 1.807) is 7.05 Å². The number of nitrogens with one attached hydrogen (secondary N) is 1. The number of hydrogen-bond donors (Lipinski definition) is 1. The molecule has 1 N–H and O–H groups in total. The highest BCUT2D eigenvalue weighted by molar-refractivity contribution is 14.0. The normalized spacial score (nSPS) is 16.8. The van der Waals surface area contributed by atoms with Crippen LogP contribution in [0.4, 0.5) is 0 Å². The van der Waals surface area contributed by atoms with E-state index >= 15 is 0 Å². The number of nitrogens with zero attached hydrogens (tertiary/aromatic N) is 3. The lowest BCUT2D eigenvalue weighted by molar-refractivity contribution is 0.115. The summed E-state index contributed by atoms with van der Waals surface area (Å²) in [5, 5.41) is 3.37. The zero-order chi connectivity index (χ0) is 17.5. The van der Waals surface area contributed by atoms with E-state index in [0.29, 0.717) is 12.4 Å². The van der Waals surface area contributed by atoms with Crippen LogP contribution in [0.25, 0.3) is 0 Å². The maximum absolute atomic E-state index is 5.69. The molecule has 6 nitrogen and oxygen atoms in total. The largest absolute Gasteiger partial charge is 0.477 e. The molecule has 0 unspecified atom stereocenters. The summed E-state index contributed by atoms with van der Waals surface area (Å²) in [4.78, 5) is 10.8. The predicted molar refractivity (Wildman–Crippen MR) is 114 cm³/mol. The standard InChI is InChI=1S/C19H30N4O2.HI/c1-20-19(23(2)9-10-24-13-15-3-4-15)22-12-17-7-8-18(21-11-17)25-14-16-5-6-16;/h7-8,11,15-16H,3-6,9-10,12-14H2,1-2H3,(H,20,22);1H. The third-order valence-corrected chi connectivity index (χ3v) is 4.61. The van der Waals surface area contributed by atoms with Crippen molar-refractivity contribution in [2.24, 2.45) is 16.8 Å². The molecule has 0 amide bonds. The summed E-state index contributed by atoms with van der Waals surface area (Å²) < 4.78 is 11.4. The lowest BCUT2D eigenvalue weighted by atomic mass is 10.3. The number of halogens is 1. The number of pyridine rings is 1. The van der Waals surface area contributed by atoms with Gasteiger partial charge in [-0.3, -0.25) is 4.99 Å². The maximum atomic E-state index is 5.69.